The Kier molecular flexibility index (Phi) is 6.37. The van der Waals surface area contributed by atoms with Crippen LogP contribution in [-0.2, 0) is 24.3 Å². The number of hydrogen-bond donors (Lipinski definition) is 2. The molecule has 0 heterocycles. The Labute approximate surface area is 126 Å². The minimum atomic E-state index is -3.81. The molecule has 0 fully saturated rings. The molecule has 0 unspecified atom stereocenters. The molecule has 0 spiro atoms. The summed E-state index contributed by atoms with van der Waals surface area (Å²) in [4.78, 5) is 22.7. The van der Waals surface area contributed by atoms with Crippen LogP contribution in [0.15, 0.2) is 0 Å². The van der Waals surface area contributed by atoms with Crippen molar-refractivity contribution in [3.63, 3.8) is 0 Å². The smallest absolute Gasteiger partial charge is 0.322 e. The van der Waals surface area contributed by atoms with Crippen molar-refractivity contribution in [3.05, 3.63) is 0 Å². The summed E-state index contributed by atoms with van der Waals surface area (Å²) in [5.74, 6) is -2.43. The summed E-state index contributed by atoms with van der Waals surface area (Å²) in [6.07, 6.45) is -0.560. The molecule has 0 radical (unpaired) electrons. The number of nitrogens with one attached hydrogen (secondary N) is 1. The predicted molar refractivity (Wildman–Crippen MR) is 78.3 cm³/mol. The maximum Gasteiger partial charge on any atom is 0.322 e. The average Bonchev–Trinajstić information content (AvgIpc) is 2.07. The Morgan fingerprint density at radius 1 is 1.14 bits per heavy atom. The minimum absolute atomic E-state index is 0.238. The molecule has 0 aliphatic heterocycles. The van der Waals surface area contributed by atoms with Crippen LogP contribution in [0.4, 0.5) is 0 Å². The zero-order valence-electron chi connectivity index (χ0n) is 13.4. The predicted octanol–water partition coefficient (Wildman–Crippen LogP) is 1.14. The van der Waals surface area contributed by atoms with E-state index in [-0.39, 0.29) is 5.75 Å². The van der Waals surface area contributed by atoms with Crippen LogP contribution in [0.2, 0.25) is 0 Å². The highest BCUT2D eigenvalue weighted by atomic mass is 32.2. The maximum atomic E-state index is 11.9. The third-order valence-electron chi connectivity index (χ3n) is 2.03. The largest absolute Gasteiger partial charge is 0.480 e. The standard InChI is InChI=1S/C13H25NO6S/c1-12(2,3)8-21(18,19)14-9(11(16)17)7-10(15)20-13(4,5)6/h9,14H,7-8H2,1-6H3,(H,16,17)/t9-/m0/s1. The topological polar surface area (TPSA) is 110 Å². The van der Waals surface area contributed by atoms with Gasteiger partial charge in [0.15, 0.2) is 0 Å². The average molecular weight is 323 g/mol. The molecule has 0 rings (SSSR count). The Bertz CT molecular complexity index is 484. The third-order valence-corrected chi connectivity index (χ3v) is 3.92. The van der Waals surface area contributed by atoms with Crippen LogP contribution in [0.1, 0.15) is 48.0 Å². The lowest BCUT2D eigenvalue weighted by Gasteiger charge is -2.23. The van der Waals surface area contributed by atoms with Crippen LogP contribution in [0.3, 0.4) is 0 Å². The van der Waals surface area contributed by atoms with E-state index < -0.39 is 45.4 Å². The van der Waals surface area contributed by atoms with E-state index in [1.165, 1.54) is 0 Å². The molecule has 0 saturated heterocycles. The molecule has 0 aromatic carbocycles. The summed E-state index contributed by atoms with van der Waals surface area (Å²) >= 11 is 0. The number of rotatable bonds is 6. The number of aliphatic carboxylic acids is 1. The lowest BCUT2D eigenvalue weighted by Crippen LogP contribution is -2.45. The first-order valence-corrected chi connectivity index (χ1v) is 8.21. The second kappa shape index (κ2) is 6.74. The Morgan fingerprint density at radius 3 is 1.95 bits per heavy atom. The summed E-state index contributed by atoms with van der Waals surface area (Å²) in [6.45, 7) is 10.1. The highest BCUT2D eigenvalue weighted by Gasteiger charge is 2.31. The quantitative estimate of drug-likeness (QED) is 0.709. The lowest BCUT2D eigenvalue weighted by molar-refractivity contribution is -0.158. The van der Waals surface area contributed by atoms with E-state index >= 15 is 0 Å². The number of ether oxygens (including phenoxy) is 1. The van der Waals surface area contributed by atoms with Gasteiger partial charge >= 0.3 is 11.9 Å². The van der Waals surface area contributed by atoms with Gasteiger partial charge in [0, 0.05) is 0 Å². The fraction of sp³-hybridized carbons (Fsp3) is 0.846. The van der Waals surface area contributed by atoms with Crippen molar-refractivity contribution in [2.24, 2.45) is 5.41 Å². The van der Waals surface area contributed by atoms with Gasteiger partial charge in [0.1, 0.15) is 11.6 Å². The molecular formula is C13H25NO6S. The van der Waals surface area contributed by atoms with Gasteiger partial charge in [0.25, 0.3) is 0 Å². The van der Waals surface area contributed by atoms with Crippen molar-refractivity contribution in [2.75, 3.05) is 5.75 Å². The number of sulfonamides is 1. The van der Waals surface area contributed by atoms with Crippen molar-refractivity contribution in [1.29, 1.82) is 0 Å². The first kappa shape index (κ1) is 19.9. The number of carbonyl (C=O) groups is 2. The molecule has 0 aromatic heterocycles. The van der Waals surface area contributed by atoms with E-state index in [9.17, 15) is 18.0 Å². The summed E-state index contributed by atoms with van der Waals surface area (Å²) in [6, 6.07) is -1.54. The molecule has 0 aliphatic carbocycles. The summed E-state index contributed by atoms with van der Waals surface area (Å²) in [5, 5.41) is 9.05. The van der Waals surface area contributed by atoms with Gasteiger partial charge in [-0.1, -0.05) is 20.8 Å². The van der Waals surface area contributed by atoms with Crippen molar-refractivity contribution in [2.45, 2.75) is 59.6 Å². The van der Waals surface area contributed by atoms with Crippen molar-refractivity contribution < 1.29 is 27.9 Å². The van der Waals surface area contributed by atoms with Crippen LogP contribution in [0.25, 0.3) is 0 Å². The van der Waals surface area contributed by atoms with Gasteiger partial charge in [-0.15, -0.1) is 0 Å². The molecule has 2 N–H and O–H groups in total. The summed E-state index contributed by atoms with van der Waals surface area (Å²) in [7, 11) is -3.81. The van der Waals surface area contributed by atoms with Gasteiger partial charge in [-0.2, -0.15) is 0 Å². The van der Waals surface area contributed by atoms with Gasteiger partial charge in [-0.25, -0.2) is 13.1 Å². The number of hydrogen-bond acceptors (Lipinski definition) is 5. The van der Waals surface area contributed by atoms with E-state index in [4.69, 9.17) is 9.84 Å². The highest BCUT2D eigenvalue weighted by Crippen LogP contribution is 2.16. The first-order valence-electron chi connectivity index (χ1n) is 6.56. The second-order valence-electron chi connectivity index (χ2n) is 7.12. The summed E-state index contributed by atoms with van der Waals surface area (Å²) < 4.78 is 30.8. The molecule has 0 bridgehead atoms. The van der Waals surface area contributed by atoms with Gasteiger partial charge < -0.3 is 9.84 Å². The SMILES string of the molecule is CC(C)(C)CS(=O)(=O)N[C@@H](CC(=O)OC(C)(C)C)C(=O)O. The summed E-state index contributed by atoms with van der Waals surface area (Å²) in [5.41, 5.74) is -1.29. The molecule has 1 atom stereocenters. The second-order valence-corrected chi connectivity index (χ2v) is 8.87. The Hall–Kier alpha value is -1.15. The Balaban J connectivity index is 4.87. The molecule has 21 heavy (non-hydrogen) atoms. The van der Waals surface area contributed by atoms with Crippen LogP contribution < -0.4 is 4.72 Å². The van der Waals surface area contributed by atoms with E-state index in [2.05, 4.69) is 0 Å². The molecule has 124 valence electrons. The zero-order chi connectivity index (χ0) is 17.1. The Morgan fingerprint density at radius 2 is 1.62 bits per heavy atom. The van der Waals surface area contributed by atoms with Crippen molar-refractivity contribution in [3.8, 4) is 0 Å². The van der Waals surface area contributed by atoms with Crippen molar-refractivity contribution in [1.82, 2.24) is 4.72 Å². The fourth-order valence-corrected chi connectivity index (χ4v) is 3.40. The van der Waals surface area contributed by atoms with Crippen molar-refractivity contribution >= 4 is 22.0 Å². The van der Waals surface area contributed by atoms with Crippen LogP contribution in [0, 0.1) is 5.41 Å². The number of carboxylic acids is 1. The normalized spacial score (nSPS) is 14.6. The zero-order valence-corrected chi connectivity index (χ0v) is 14.2. The minimum Gasteiger partial charge on any atom is -0.480 e. The molecule has 0 amide bonds. The lowest BCUT2D eigenvalue weighted by atomic mass is 10.0. The fourth-order valence-electron chi connectivity index (χ4n) is 1.56. The van der Waals surface area contributed by atoms with E-state index in [1.54, 1.807) is 41.5 Å². The monoisotopic (exact) mass is 323 g/mol. The van der Waals surface area contributed by atoms with E-state index in [1.807, 2.05) is 4.72 Å². The van der Waals surface area contributed by atoms with Gasteiger partial charge in [-0.05, 0) is 26.2 Å². The van der Waals surface area contributed by atoms with Gasteiger partial charge in [-0.3, -0.25) is 9.59 Å². The third kappa shape index (κ3) is 10.3. The number of carbonyl (C=O) groups excluding carboxylic acids is 1. The van der Waals surface area contributed by atoms with Gasteiger partial charge in [0.2, 0.25) is 10.0 Å². The van der Waals surface area contributed by atoms with Crippen LogP contribution in [-0.4, -0.2) is 42.9 Å². The van der Waals surface area contributed by atoms with Gasteiger partial charge in [0.05, 0.1) is 12.2 Å². The van der Waals surface area contributed by atoms with E-state index in [0.29, 0.717) is 0 Å². The molecule has 7 nitrogen and oxygen atoms in total. The molecule has 8 heteroatoms. The molecule has 0 aliphatic rings. The van der Waals surface area contributed by atoms with E-state index in [0.717, 1.165) is 0 Å². The van der Waals surface area contributed by atoms with Crippen LogP contribution in [0.5, 0.6) is 0 Å². The number of carboxylic acid groups (broad SMARTS) is 1. The van der Waals surface area contributed by atoms with Crippen LogP contribution >= 0.6 is 0 Å². The molecular weight excluding hydrogens is 298 g/mol. The first-order chi connectivity index (χ1) is 9.11. The maximum absolute atomic E-state index is 11.9. The molecule has 0 aromatic rings. The highest BCUT2D eigenvalue weighted by molar-refractivity contribution is 7.89. The molecule has 0 saturated carbocycles. The number of esters is 1.